The summed E-state index contributed by atoms with van der Waals surface area (Å²) >= 11 is 5.84. The minimum Gasteiger partial charge on any atom is -0.338 e. The molecule has 0 N–H and O–H groups in total. The van der Waals surface area contributed by atoms with E-state index in [1.54, 1.807) is 12.1 Å². The molecule has 0 aliphatic carbocycles. The average Bonchev–Trinajstić information content (AvgIpc) is 2.89. The van der Waals surface area contributed by atoms with E-state index in [-0.39, 0.29) is 5.69 Å². The fraction of sp³-hybridized carbons (Fsp3) is 0.333. The molecule has 0 fully saturated rings. The smallest absolute Gasteiger partial charge is 0.269 e. The maximum Gasteiger partial charge on any atom is 0.269 e. The number of nitro groups is 1. The first-order valence-electron chi connectivity index (χ1n) is 5.59. The third kappa shape index (κ3) is 2.73. The normalized spacial score (nSPS) is 11.5. The molecule has 0 saturated carbocycles. The van der Waals surface area contributed by atoms with E-state index in [0.29, 0.717) is 23.2 Å². The Kier molecular flexibility index (Phi) is 3.53. The number of alkyl halides is 1. The number of benzene rings is 1. The van der Waals surface area contributed by atoms with Crippen molar-refractivity contribution in [2.45, 2.75) is 19.3 Å². The van der Waals surface area contributed by atoms with E-state index < -0.39 is 10.3 Å². The van der Waals surface area contributed by atoms with E-state index in [4.69, 9.17) is 16.1 Å². The van der Waals surface area contributed by atoms with E-state index in [0.717, 1.165) is 0 Å². The molecule has 100 valence electrons. The van der Waals surface area contributed by atoms with E-state index >= 15 is 0 Å². The SMILES string of the molecule is CC(C)(CCl)c1nc(-c2ccc([N+](=O)[O-])cc2)no1. The minimum atomic E-state index is -0.456. The molecule has 0 bridgehead atoms. The third-order valence-electron chi connectivity index (χ3n) is 2.68. The molecule has 2 rings (SSSR count). The Bertz CT molecular complexity index is 593. The van der Waals surface area contributed by atoms with Crippen LogP contribution in [0.25, 0.3) is 11.4 Å². The zero-order chi connectivity index (χ0) is 14.0. The van der Waals surface area contributed by atoms with Crippen molar-refractivity contribution in [3.05, 3.63) is 40.3 Å². The largest absolute Gasteiger partial charge is 0.338 e. The summed E-state index contributed by atoms with van der Waals surface area (Å²) in [6.45, 7) is 3.79. The van der Waals surface area contributed by atoms with Crippen LogP contribution in [0.1, 0.15) is 19.7 Å². The van der Waals surface area contributed by atoms with Gasteiger partial charge >= 0.3 is 0 Å². The van der Waals surface area contributed by atoms with Crippen LogP contribution in [-0.4, -0.2) is 20.9 Å². The first kappa shape index (κ1) is 13.5. The van der Waals surface area contributed by atoms with Gasteiger partial charge in [0.05, 0.1) is 10.3 Å². The molecule has 0 amide bonds. The lowest BCUT2D eigenvalue weighted by Crippen LogP contribution is -2.19. The molecule has 0 saturated heterocycles. The Hall–Kier alpha value is -1.95. The van der Waals surface area contributed by atoms with Crippen molar-refractivity contribution in [1.29, 1.82) is 0 Å². The Morgan fingerprint density at radius 2 is 2.00 bits per heavy atom. The number of nitro benzene ring substituents is 1. The first-order valence-corrected chi connectivity index (χ1v) is 6.12. The summed E-state index contributed by atoms with van der Waals surface area (Å²) < 4.78 is 5.17. The van der Waals surface area contributed by atoms with Crippen LogP contribution in [0.4, 0.5) is 5.69 Å². The Morgan fingerprint density at radius 1 is 1.37 bits per heavy atom. The second kappa shape index (κ2) is 4.97. The van der Waals surface area contributed by atoms with Gasteiger partial charge in [-0.1, -0.05) is 5.16 Å². The van der Waals surface area contributed by atoms with Crippen molar-refractivity contribution in [2.24, 2.45) is 0 Å². The van der Waals surface area contributed by atoms with Crippen molar-refractivity contribution < 1.29 is 9.45 Å². The predicted octanol–water partition coefficient (Wildman–Crippen LogP) is 3.16. The fourth-order valence-electron chi connectivity index (χ4n) is 1.41. The highest BCUT2D eigenvalue weighted by Crippen LogP contribution is 2.26. The quantitative estimate of drug-likeness (QED) is 0.488. The number of nitrogens with zero attached hydrogens (tertiary/aromatic N) is 3. The summed E-state index contributed by atoms with van der Waals surface area (Å²) in [7, 11) is 0. The zero-order valence-electron chi connectivity index (χ0n) is 10.5. The van der Waals surface area contributed by atoms with Gasteiger partial charge in [0.2, 0.25) is 11.7 Å². The molecular formula is C12H12ClN3O3. The van der Waals surface area contributed by atoms with Crippen molar-refractivity contribution in [3.8, 4) is 11.4 Å². The lowest BCUT2D eigenvalue weighted by molar-refractivity contribution is -0.384. The average molecular weight is 282 g/mol. The van der Waals surface area contributed by atoms with Gasteiger partial charge in [-0.2, -0.15) is 4.98 Å². The van der Waals surface area contributed by atoms with E-state index in [2.05, 4.69) is 10.1 Å². The fourth-order valence-corrected chi connectivity index (χ4v) is 1.52. The molecule has 0 atom stereocenters. The molecule has 1 aromatic heterocycles. The summed E-state index contributed by atoms with van der Waals surface area (Å²) in [6, 6.07) is 5.97. The highest BCUT2D eigenvalue weighted by atomic mass is 35.5. The molecule has 1 heterocycles. The molecule has 0 unspecified atom stereocenters. The van der Waals surface area contributed by atoms with Crippen LogP contribution in [0.5, 0.6) is 0 Å². The summed E-state index contributed by atoms with van der Waals surface area (Å²) in [5, 5.41) is 14.4. The minimum absolute atomic E-state index is 0.0218. The van der Waals surface area contributed by atoms with Gasteiger partial charge in [-0.15, -0.1) is 11.6 Å². The van der Waals surface area contributed by atoms with Gasteiger partial charge in [0, 0.05) is 23.6 Å². The highest BCUT2D eigenvalue weighted by Gasteiger charge is 2.27. The third-order valence-corrected chi connectivity index (χ3v) is 3.34. The van der Waals surface area contributed by atoms with Crippen LogP contribution in [0.3, 0.4) is 0 Å². The number of hydrogen-bond acceptors (Lipinski definition) is 5. The number of rotatable bonds is 4. The number of halogens is 1. The molecule has 7 heteroatoms. The van der Waals surface area contributed by atoms with Crippen molar-refractivity contribution in [2.75, 3.05) is 5.88 Å². The molecule has 0 radical (unpaired) electrons. The highest BCUT2D eigenvalue weighted by molar-refractivity contribution is 6.18. The standard InChI is InChI=1S/C12H12ClN3O3/c1-12(2,7-13)11-14-10(15-19-11)8-3-5-9(6-4-8)16(17)18/h3-6H,7H2,1-2H3. The van der Waals surface area contributed by atoms with Gasteiger partial charge in [0.1, 0.15) is 0 Å². The van der Waals surface area contributed by atoms with Gasteiger partial charge in [-0.3, -0.25) is 10.1 Å². The van der Waals surface area contributed by atoms with Gasteiger partial charge in [0.25, 0.3) is 5.69 Å². The van der Waals surface area contributed by atoms with Crippen molar-refractivity contribution in [1.82, 2.24) is 10.1 Å². The molecule has 0 aliphatic heterocycles. The van der Waals surface area contributed by atoms with Gasteiger partial charge < -0.3 is 4.52 Å². The van der Waals surface area contributed by atoms with Crippen LogP contribution in [0, 0.1) is 10.1 Å². The topological polar surface area (TPSA) is 82.1 Å². The van der Waals surface area contributed by atoms with Gasteiger partial charge in [-0.25, -0.2) is 0 Å². The summed E-state index contributed by atoms with van der Waals surface area (Å²) in [4.78, 5) is 14.4. The monoisotopic (exact) mass is 281 g/mol. The number of hydrogen-bond donors (Lipinski definition) is 0. The maximum absolute atomic E-state index is 10.6. The first-order chi connectivity index (χ1) is 8.94. The number of aromatic nitrogens is 2. The lowest BCUT2D eigenvalue weighted by atomic mass is 9.96. The van der Waals surface area contributed by atoms with E-state index in [9.17, 15) is 10.1 Å². The number of non-ortho nitro benzene ring substituents is 1. The van der Waals surface area contributed by atoms with Crippen LogP contribution in [-0.2, 0) is 5.41 Å². The van der Waals surface area contributed by atoms with Crippen LogP contribution in [0.15, 0.2) is 28.8 Å². The summed E-state index contributed by atoms with van der Waals surface area (Å²) in [5.41, 5.74) is 0.271. The Balaban J connectivity index is 2.30. The van der Waals surface area contributed by atoms with Crippen molar-refractivity contribution >= 4 is 17.3 Å². The Morgan fingerprint density at radius 3 is 2.53 bits per heavy atom. The van der Waals surface area contributed by atoms with Crippen LogP contribution in [0.2, 0.25) is 0 Å². The van der Waals surface area contributed by atoms with E-state index in [1.165, 1.54) is 12.1 Å². The molecule has 6 nitrogen and oxygen atoms in total. The lowest BCUT2D eigenvalue weighted by Gasteiger charge is -2.14. The molecule has 1 aromatic carbocycles. The molecule has 0 aliphatic rings. The Labute approximate surface area is 114 Å². The van der Waals surface area contributed by atoms with Gasteiger partial charge in [0.15, 0.2) is 0 Å². The maximum atomic E-state index is 10.6. The predicted molar refractivity (Wildman–Crippen MR) is 70.1 cm³/mol. The molecule has 2 aromatic rings. The zero-order valence-corrected chi connectivity index (χ0v) is 11.2. The van der Waals surface area contributed by atoms with E-state index in [1.807, 2.05) is 13.8 Å². The van der Waals surface area contributed by atoms with Gasteiger partial charge in [-0.05, 0) is 26.0 Å². The molecule has 0 spiro atoms. The van der Waals surface area contributed by atoms with Crippen LogP contribution >= 0.6 is 11.6 Å². The second-order valence-electron chi connectivity index (χ2n) is 4.74. The van der Waals surface area contributed by atoms with Crippen LogP contribution < -0.4 is 0 Å². The molecule has 19 heavy (non-hydrogen) atoms. The van der Waals surface area contributed by atoms with Crippen molar-refractivity contribution in [3.63, 3.8) is 0 Å². The summed E-state index contributed by atoms with van der Waals surface area (Å²) in [6.07, 6.45) is 0. The summed E-state index contributed by atoms with van der Waals surface area (Å²) in [5.74, 6) is 1.19. The second-order valence-corrected chi connectivity index (χ2v) is 5.01. The molecular weight excluding hydrogens is 270 g/mol.